The quantitative estimate of drug-likeness (QED) is 0.304. The summed E-state index contributed by atoms with van der Waals surface area (Å²) in [5.74, 6) is -0.531. The minimum absolute atomic E-state index is 0.0635. The summed E-state index contributed by atoms with van der Waals surface area (Å²) in [4.78, 5) is 37.9. The van der Waals surface area contributed by atoms with E-state index < -0.39 is 5.97 Å². The van der Waals surface area contributed by atoms with E-state index in [1.807, 2.05) is 0 Å². The summed E-state index contributed by atoms with van der Waals surface area (Å²) >= 11 is 0. The molecule has 1 amide bonds. The van der Waals surface area contributed by atoms with Crippen molar-refractivity contribution in [1.82, 2.24) is 4.90 Å². The van der Waals surface area contributed by atoms with Gasteiger partial charge < -0.3 is 20.1 Å². The third kappa shape index (κ3) is 4.60. The Hall–Kier alpha value is -3.68. The normalized spacial score (nSPS) is 12.4. The lowest BCUT2D eigenvalue weighted by molar-refractivity contribution is -0.145. The van der Waals surface area contributed by atoms with Gasteiger partial charge in [-0.1, -0.05) is 6.07 Å². The Morgan fingerprint density at radius 2 is 1.83 bits per heavy atom. The number of carbonyl (C=O) groups excluding carboxylic acids is 3. The van der Waals surface area contributed by atoms with E-state index in [1.54, 1.807) is 49.4 Å². The zero-order chi connectivity index (χ0) is 21.0. The van der Waals surface area contributed by atoms with Gasteiger partial charge in [-0.3, -0.25) is 15.0 Å². The molecular formula is C21H21N3O5. The Bertz CT molecular complexity index is 969. The maximum atomic E-state index is 12.6. The predicted molar refractivity (Wildman–Crippen MR) is 105 cm³/mol. The van der Waals surface area contributed by atoms with Crippen molar-refractivity contribution in [2.24, 2.45) is 5.73 Å². The first-order valence-corrected chi connectivity index (χ1v) is 9.07. The van der Waals surface area contributed by atoms with Crippen LogP contribution < -0.4 is 10.5 Å². The number of benzene rings is 2. The topological polar surface area (TPSA) is 123 Å². The number of hydrogen-bond acceptors (Lipinski definition) is 6. The molecule has 0 fully saturated rings. The monoisotopic (exact) mass is 395 g/mol. The first kappa shape index (κ1) is 20.1. The van der Waals surface area contributed by atoms with Crippen LogP contribution in [-0.4, -0.2) is 48.2 Å². The van der Waals surface area contributed by atoms with Gasteiger partial charge in [0.05, 0.1) is 13.2 Å². The zero-order valence-electron chi connectivity index (χ0n) is 15.9. The van der Waals surface area contributed by atoms with Crippen molar-refractivity contribution in [3.63, 3.8) is 0 Å². The van der Waals surface area contributed by atoms with E-state index in [4.69, 9.17) is 20.6 Å². The molecule has 0 atom stereocenters. The molecule has 0 unspecified atom stereocenters. The molecule has 0 aliphatic carbocycles. The molecule has 2 aromatic rings. The van der Waals surface area contributed by atoms with Crippen LogP contribution in [-0.2, 0) is 16.1 Å². The van der Waals surface area contributed by atoms with Crippen molar-refractivity contribution in [2.45, 2.75) is 13.5 Å². The van der Waals surface area contributed by atoms with Crippen molar-refractivity contribution in [3.8, 4) is 5.75 Å². The summed E-state index contributed by atoms with van der Waals surface area (Å²) in [5, 5.41) is 7.50. The van der Waals surface area contributed by atoms with Crippen molar-refractivity contribution in [1.29, 1.82) is 5.41 Å². The Morgan fingerprint density at radius 3 is 2.48 bits per heavy atom. The second-order valence-electron chi connectivity index (χ2n) is 6.49. The van der Waals surface area contributed by atoms with Crippen LogP contribution in [0.2, 0.25) is 0 Å². The lowest BCUT2D eigenvalue weighted by atomic mass is 10.1. The van der Waals surface area contributed by atoms with Crippen LogP contribution in [0.3, 0.4) is 0 Å². The highest BCUT2D eigenvalue weighted by atomic mass is 16.6. The van der Waals surface area contributed by atoms with Crippen LogP contribution in [0.4, 0.5) is 0 Å². The van der Waals surface area contributed by atoms with E-state index in [-0.39, 0.29) is 37.3 Å². The number of amidine groups is 1. The smallest absolute Gasteiger partial charge is 0.344 e. The molecule has 0 saturated heterocycles. The minimum Gasteiger partial charge on any atom is -0.482 e. The van der Waals surface area contributed by atoms with Gasteiger partial charge in [-0.15, -0.1) is 0 Å². The first-order chi connectivity index (χ1) is 13.9. The molecule has 0 bridgehead atoms. The lowest BCUT2D eigenvalue weighted by Gasteiger charge is -2.14. The molecule has 0 spiro atoms. The largest absolute Gasteiger partial charge is 0.482 e. The van der Waals surface area contributed by atoms with Crippen LogP contribution in [0.25, 0.3) is 0 Å². The molecule has 8 nitrogen and oxygen atoms in total. The summed E-state index contributed by atoms with van der Waals surface area (Å²) < 4.78 is 10.1. The van der Waals surface area contributed by atoms with Crippen LogP contribution >= 0.6 is 0 Å². The van der Waals surface area contributed by atoms with Crippen molar-refractivity contribution >= 4 is 23.5 Å². The summed E-state index contributed by atoms with van der Waals surface area (Å²) in [6, 6.07) is 11.3. The summed E-state index contributed by atoms with van der Waals surface area (Å²) in [6.45, 7) is 2.02. The SMILES string of the molecule is CCOC(=O)COc1ccc(C(=O)CN2Cc3cc(C(=N)N)ccc3C2=O)cc1. The standard InChI is InChI=1S/C21H21N3O5/c1-2-28-19(26)12-29-16-6-3-13(4-7-16)18(25)11-24-10-15-9-14(20(22)23)5-8-17(15)21(24)27/h3-9H,2,10-12H2,1H3,(H3,22,23). The number of esters is 1. The number of fused-ring (bicyclic) bond motifs is 1. The Balaban J connectivity index is 1.61. The third-order valence-corrected chi connectivity index (χ3v) is 4.47. The van der Waals surface area contributed by atoms with E-state index in [0.29, 0.717) is 29.0 Å². The molecule has 3 rings (SSSR count). The van der Waals surface area contributed by atoms with E-state index in [1.165, 1.54) is 4.90 Å². The van der Waals surface area contributed by atoms with E-state index in [2.05, 4.69) is 0 Å². The second kappa shape index (κ2) is 8.55. The van der Waals surface area contributed by atoms with Gasteiger partial charge in [0.15, 0.2) is 12.4 Å². The number of ether oxygens (including phenoxy) is 2. The number of hydrogen-bond donors (Lipinski definition) is 2. The molecule has 29 heavy (non-hydrogen) atoms. The van der Waals surface area contributed by atoms with Crippen molar-refractivity contribution in [3.05, 3.63) is 64.7 Å². The number of rotatable bonds is 8. The molecule has 3 N–H and O–H groups in total. The van der Waals surface area contributed by atoms with Crippen LogP contribution in [0.1, 0.15) is 38.8 Å². The number of Topliss-reactive ketones (excluding diaryl/α,β-unsaturated/α-hetero) is 1. The van der Waals surface area contributed by atoms with Crippen LogP contribution in [0.5, 0.6) is 5.75 Å². The molecule has 2 aromatic carbocycles. The van der Waals surface area contributed by atoms with Gasteiger partial charge in [0.25, 0.3) is 5.91 Å². The fourth-order valence-electron chi connectivity index (χ4n) is 3.02. The summed E-state index contributed by atoms with van der Waals surface area (Å²) in [7, 11) is 0. The summed E-state index contributed by atoms with van der Waals surface area (Å²) in [6.07, 6.45) is 0. The van der Waals surface area contributed by atoms with E-state index >= 15 is 0 Å². The molecule has 0 aromatic heterocycles. The number of nitrogen functional groups attached to an aromatic ring is 1. The maximum absolute atomic E-state index is 12.6. The van der Waals surface area contributed by atoms with Crippen LogP contribution in [0.15, 0.2) is 42.5 Å². The molecule has 8 heteroatoms. The molecule has 1 aliphatic rings. The highest BCUT2D eigenvalue weighted by Crippen LogP contribution is 2.24. The van der Waals surface area contributed by atoms with Crippen molar-refractivity contribution in [2.75, 3.05) is 19.8 Å². The van der Waals surface area contributed by atoms with Gasteiger partial charge >= 0.3 is 5.97 Å². The highest BCUT2D eigenvalue weighted by Gasteiger charge is 2.29. The predicted octanol–water partition coefficient (Wildman–Crippen LogP) is 1.75. The molecule has 0 saturated carbocycles. The molecule has 150 valence electrons. The van der Waals surface area contributed by atoms with E-state index in [9.17, 15) is 14.4 Å². The van der Waals surface area contributed by atoms with Crippen LogP contribution in [0, 0.1) is 5.41 Å². The highest BCUT2D eigenvalue weighted by molar-refractivity contribution is 6.05. The number of carbonyl (C=O) groups is 3. The van der Waals surface area contributed by atoms with Gasteiger partial charge in [-0.05, 0) is 48.9 Å². The lowest BCUT2D eigenvalue weighted by Crippen LogP contribution is -2.30. The van der Waals surface area contributed by atoms with Gasteiger partial charge in [0.2, 0.25) is 0 Å². The molecule has 0 radical (unpaired) electrons. The van der Waals surface area contributed by atoms with Gasteiger partial charge in [0, 0.05) is 23.2 Å². The van der Waals surface area contributed by atoms with E-state index in [0.717, 1.165) is 5.56 Å². The molecular weight excluding hydrogens is 374 g/mol. The Labute approximate surface area is 167 Å². The number of ketones is 1. The maximum Gasteiger partial charge on any atom is 0.344 e. The summed E-state index contributed by atoms with van der Waals surface area (Å²) in [5.41, 5.74) is 7.74. The fourth-order valence-corrected chi connectivity index (χ4v) is 3.02. The van der Waals surface area contributed by atoms with Gasteiger partial charge in [-0.25, -0.2) is 4.79 Å². The average molecular weight is 395 g/mol. The second-order valence-corrected chi connectivity index (χ2v) is 6.49. The van der Waals surface area contributed by atoms with Crippen molar-refractivity contribution < 1.29 is 23.9 Å². The zero-order valence-corrected chi connectivity index (χ0v) is 15.9. The number of nitrogens with two attached hydrogens (primary N) is 1. The fraction of sp³-hybridized carbons (Fsp3) is 0.238. The molecule has 1 aliphatic heterocycles. The minimum atomic E-state index is -0.465. The van der Waals surface area contributed by atoms with Gasteiger partial charge in [0.1, 0.15) is 11.6 Å². The number of amides is 1. The van der Waals surface area contributed by atoms with Gasteiger partial charge in [-0.2, -0.15) is 0 Å². The third-order valence-electron chi connectivity index (χ3n) is 4.47. The number of nitrogens with zero attached hydrogens (tertiary/aromatic N) is 1. The Kier molecular flexibility index (Phi) is 5.92. The Morgan fingerprint density at radius 1 is 1.14 bits per heavy atom. The first-order valence-electron chi connectivity index (χ1n) is 9.07. The number of nitrogens with one attached hydrogen (secondary N) is 1. The molecule has 1 heterocycles. The average Bonchev–Trinajstić information content (AvgIpc) is 3.01.